The summed E-state index contributed by atoms with van der Waals surface area (Å²) >= 11 is 0. The second-order valence-corrected chi connectivity index (χ2v) is 4.30. The molecule has 0 saturated heterocycles. The van der Waals surface area contributed by atoms with Crippen molar-refractivity contribution < 1.29 is 14.3 Å². The number of hydrogen-bond donors (Lipinski definition) is 2. The highest BCUT2D eigenvalue weighted by atomic mass is 16.5. The predicted octanol–water partition coefficient (Wildman–Crippen LogP) is 0.327. The summed E-state index contributed by atoms with van der Waals surface area (Å²) in [5, 5.41) is 2.68. The molecule has 3 N–H and O–H groups in total. The maximum Gasteiger partial charge on any atom is 0.307 e. The molecule has 1 amide bonds. The van der Waals surface area contributed by atoms with Gasteiger partial charge in [-0.3, -0.25) is 9.59 Å². The van der Waals surface area contributed by atoms with Crippen LogP contribution in [0.4, 0.5) is 0 Å². The Balaban J connectivity index is 2.08. The molecule has 0 radical (unpaired) electrons. The number of carbonyl (C=O) groups is 2. The van der Waals surface area contributed by atoms with Gasteiger partial charge < -0.3 is 15.8 Å². The molecule has 1 rings (SSSR count). The Hall–Kier alpha value is -1.10. The summed E-state index contributed by atoms with van der Waals surface area (Å²) in [5.41, 5.74) is 5.63. The number of nitrogens with two attached hydrogens (primary N) is 1. The largest absolute Gasteiger partial charge is 0.466 e. The monoisotopic (exact) mass is 228 g/mol. The van der Waals surface area contributed by atoms with E-state index in [1.54, 1.807) is 6.92 Å². The number of ether oxygens (including phenoxy) is 1. The number of nitrogens with one attached hydrogen (secondary N) is 1. The minimum Gasteiger partial charge on any atom is -0.466 e. The number of amides is 1. The maximum atomic E-state index is 11.4. The molecule has 1 aliphatic rings. The van der Waals surface area contributed by atoms with Crippen LogP contribution in [0.15, 0.2) is 0 Å². The molecule has 5 heteroatoms. The molecule has 16 heavy (non-hydrogen) atoms. The standard InChI is InChI=1S/C11H20N2O3/c1-2-16-10(15)4-7-13-9(14)8-11(12)5-3-6-11/h2-8,12H2,1H3,(H,13,14). The number of hydrogen-bond acceptors (Lipinski definition) is 4. The summed E-state index contributed by atoms with van der Waals surface area (Å²) < 4.78 is 4.74. The first kappa shape index (κ1) is 13.0. The zero-order chi connectivity index (χ0) is 12.0. The van der Waals surface area contributed by atoms with Crippen LogP contribution in [-0.2, 0) is 14.3 Å². The molecule has 0 aromatic carbocycles. The molecular formula is C11H20N2O3. The van der Waals surface area contributed by atoms with Crippen molar-refractivity contribution in [2.24, 2.45) is 5.73 Å². The second kappa shape index (κ2) is 5.84. The molecule has 1 saturated carbocycles. The van der Waals surface area contributed by atoms with Crippen LogP contribution in [-0.4, -0.2) is 30.6 Å². The summed E-state index contributed by atoms with van der Waals surface area (Å²) in [6, 6.07) is 0. The lowest BCUT2D eigenvalue weighted by molar-refractivity contribution is -0.143. The lowest BCUT2D eigenvalue weighted by Gasteiger charge is -2.37. The van der Waals surface area contributed by atoms with Crippen LogP contribution in [0.2, 0.25) is 0 Å². The number of esters is 1. The van der Waals surface area contributed by atoms with Crippen LogP contribution in [0.1, 0.15) is 39.0 Å². The lowest BCUT2D eigenvalue weighted by atomic mass is 9.75. The van der Waals surface area contributed by atoms with Crippen molar-refractivity contribution in [3.8, 4) is 0 Å². The summed E-state index contributed by atoms with van der Waals surface area (Å²) in [6.45, 7) is 2.46. The Morgan fingerprint density at radius 3 is 2.62 bits per heavy atom. The van der Waals surface area contributed by atoms with Crippen LogP contribution < -0.4 is 11.1 Å². The van der Waals surface area contributed by atoms with Crippen LogP contribution in [0.25, 0.3) is 0 Å². The molecule has 0 spiro atoms. The smallest absolute Gasteiger partial charge is 0.307 e. The Labute approximate surface area is 95.7 Å². The molecule has 0 bridgehead atoms. The molecule has 0 heterocycles. The third-order valence-corrected chi connectivity index (χ3v) is 2.82. The Bertz CT molecular complexity index is 262. The molecule has 0 aromatic rings. The van der Waals surface area contributed by atoms with E-state index in [2.05, 4.69) is 5.32 Å². The van der Waals surface area contributed by atoms with E-state index in [0.29, 0.717) is 19.6 Å². The molecule has 0 unspecified atom stereocenters. The van der Waals surface area contributed by atoms with Crippen molar-refractivity contribution in [2.45, 2.75) is 44.6 Å². The van der Waals surface area contributed by atoms with E-state index >= 15 is 0 Å². The number of carbonyl (C=O) groups excluding carboxylic acids is 2. The van der Waals surface area contributed by atoms with Gasteiger partial charge in [-0.25, -0.2) is 0 Å². The van der Waals surface area contributed by atoms with Crippen molar-refractivity contribution in [3.63, 3.8) is 0 Å². The van der Waals surface area contributed by atoms with Crippen LogP contribution >= 0.6 is 0 Å². The van der Waals surface area contributed by atoms with Crippen LogP contribution in [0.3, 0.4) is 0 Å². The van der Waals surface area contributed by atoms with E-state index in [4.69, 9.17) is 10.5 Å². The minimum absolute atomic E-state index is 0.0773. The molecule has 5 nitrogen and oxygen atoms in total. The maximum absolute atomic E-state index is 11.4. The minimum atomic E-state index is -0.298. The average molecular weight is 228 g/mol. The third kappa shape index (κ3) is 4.18. The van der Waals surface area contributed by atoms with E-state index in [9.17, 15) is 9.59 Å². The normalized spacial score (nSPS) is 17.4. The molecule has 0 aromatic heterocycles. The first-order valence-electron chi connectivity index (χ1n) is 5.77. The zero-order valence-corrected chi connectivity index (χ0v) is 9.75. The van der Waals surface area contributed by atoms with Crippen LogP contribution in [0.5, 0.6) is 0 Å². The number of rotatable bonds is 6. The van der Waals surface area contributed by atoms with Gasteiger partial charge in [-0.2, -0.15) is 0 Å². The van der Waals surface area contributed by atoms with Crippen molar-refractivity contribution in [3.05, 3.63) is 0 Å². The SMILES string of the molecule is CCOC(=O)CCNC(=O)CC1(N)CCC1. The van der Waals surface area contributed by atoms with E-state index in [1.165, 1.54) is 0 Å². The van der Waals surface area contributed by atoms with E-state index in [1.807, 2.05) is 0 Å². The van der Waals surface area contributed by atoms with Gasteiger partial charge in [0.2, 0.25) is 5.91 Å². The highest BCUT2D eigenvalue weighted by Gasteiger charge is 2.34. The summed E-state index contributed by atoms with van der Waals surface area (Å²) in [6.07, 6.45) is 3.51. The average Bonchev–Trinajstić information content (AvgIpc) is 2.15. The summed E-state index contributed by atoms with van der Waals surface area (Å²) in [4.78, 5) is 22.4. The van der Waals surface area contributed by atoms with Crippen molar-refractivity contribution in [1.29, 1.82) is 0 Å². The zero-order valence-electron chi connectivity index (χ0n) is 9.75. The summed E-state index contributed by atoms with van der Waals surface area (Å²) in [7, 11) is 0. The Kier molecular flexibility index (Phi) is 4.73. The second-order valence-electron chi connectivity index (χ2n) is 4.30. The Morgan fingerprint density at radius 2 is 2.12 bits per heavy atom. The van der Waals surface area contributed by atoms with Gasteiger partial charge in [0.05, 0.1) is 13.0 Å². The fourth-order valence-corrected chi connectivity index (χ4v) is 1.73. The molecule has 1 aliphatic carbocycles. The molecule has 92 valence electrons. The van der Waals surface area contributed by atoms with Crippen molar-refractivity contribution >= 4 is 11.9 Å². The molecule has 1 fully saturated rings. The van der Waals surface area contributed by atoms with Gasteiger partial charge in [0.15, 0.2) is 0 Å². The van der Waals surface area contributed by atoms with E-state index < -0.39 is 0 Å². The highest BCUT2D eigenvalue weighted by Crippen LogP contribution is 2.31. The van der Waals surface area contributed by atoms with Gasteiger partial charge in [0.1, 0.15) is 0 Å². The van der Waals surface area contributed by atoms with Gasteiger partial charge >= 0.3 is 5.97 Å². The van der Waals surface area contributed by atoms with Crippen molar-refractivity contribution in [2.75, 3.05) is 13.2 Å². The highest BCUT2D eigenvalue weighted by molar-refractivity contribution is 5.78. The van der Waals surface area contributed by atoms with Gasteiger partial charge in [0, 0.05) is 18.5 Å². The molecule has 0 atom stereocenters. The quantitative estimate of drug-likeness (QED) is 0.642. The lowest BCUT2D eigenvalue weighted by Crippen LogP contribution is -2.50. The molecular weight excluding hydrogens is 208 g/mol. The third-order valence-electron chi connectivity index (χ3n) is 2.82. The summed E-state index contributed by atoms with van der Waals surface area (Å²) in [5.74, 6) is -0.361. The van der Waals surface area contributed by atoms with E-state index in [-0.39, 0.29) is 23.8 Å². The topological polar surface area (TPSA) is 81.4 Å². The van der Waals surface area contributed by atoms with Crippen molar-refractivity contribution in [1.82, 2.24) is 5.32 Å². The van der Waals surface area contributed by atoms with Gasteiger partial charge in [0.25, 0.3) is 0 Å². The van der Waals surface area contributed by atoms with E-state index in [0.717, 1.165) is 19.3 Å². The van der Waals surface area contributed by atoms with Gasteiger partial charge in [-0.1, -0.05) is 0 Å². The van der Waals surface area contributed by atoms with Gasteiger partial charge in [-0.05, 0) is 26.2 Å². The Morgan fingerprint density at radius 1 is 1.44 bits per heavy atom. The van der Waals surface area contributed by atoms with Crippen LogP contribution in [0, 0.1) is 0 Å². The first-order chi connectivity index (χ1) is 7.56. The predicted molar refractivity (Wildman–Crippen MR) is 59.6 cm³/mol. The first-order valence-corrected chi connectivity index (χ1v) is 5.77. The molecule has 0 aliphatic heterocycles. The fourth-order valence-electron chi connectivity index (χ4n) is 1.73. The fraction of sp³-hybridized carbons (Fsp3) is 0.818. The van der Waals surface area contributed by atoms with Gasteiger partial charge in [-0.15, -0.1) is 0 Å².